The third-order valence-corrected chi connectivity index (χ3v) is 5.82. The Balaban J connectivity index is 2.34. The monoisotopic (exact) mass is 334 g/mol. The first-order valence-corrected chi connectivity index (χ1v) is 9.64. The second-order valence-corrected chi connectivity index (χ2v) is 7.48. The van der Waals surface area contributed by atoms with Gasteiger partial charge in [-0.2, -0.15) is 4.31 Å². The molecule has 22 heavy (non-hydrogen) atoms. The van der Waals surface area contributed by atoms with Crippen molar-refractivity contribution in [3.63, 3.8) is 0 Å². The largest absolute Gasteiger partial charge is 0.379 e. The molecule has 0 radical (unpaired) electrons. The van der Waals surface area contributed by atoms with E-state index in [2.05, 4.69) is 29.5 Å². The number of hydrogen-bond donors (Lipinski definition) is 2. The van der Waals surface area contributed by atoms with E-state index in [0.717, 1.165) is 19.4 Å². The average molecular weight is 334 g/mol. The zero-order valence-corrected chi connectivity index (χ0v) is 14.8. The Kier molecular flexibility index (Phi) is 8.74. The number of nitrogens with zero attached hydrogens (tertiary/aromatic N) is 2. The first kappa shape index (κ1) is 19.2. The first-order chi connectivity index (χ1) is 10.5. The number of sulfonamides is 1. The minimum atomic E-state index is -3.22. The van der Waals surface area contributed by atoms with Gasteiger partial charge in [0.05, 0.1) is 19.0 Å². The van der Waals surface area contributed by atoms with E-state index in [0.29, 0.717) is 44.7 Å². The van der Waals surface area contributed by atoms with Gasteiger partial charge in [0.2, 0.25) is 10.0 Å². The highest BCUT2D eigenvalue weighted by atomic mass is 32.2. The van der Waals surface area contributed by atoms with Crippen molar-refractivity contribution in [3.8, 4) is 0 Å². The van der Waals surface area contributed by atoms with Crippen LogP contribution in [0.2, 0.25) is 0 Å². The van der Waals surface area contributed by atoms with E-state index >= 15 is 0 Å². The zero-order chi connectivity index (χ0) is 16.4. The van der Waals surface area contributed by atoms with E-state index in [4.69, 9.17) is 4.74 Å². The van der Waals surface area contributed by atoms with Crippen LogP contribution in [0, 0.1) is 5.92 Å². The van der Waals surface area contributed by atoms with Crippen molar-refractivity contribution in [2.24, 2.45) is 10.9 Å². The molecule has 0 aromatic carbocycles. The summed E-state index contributed by atoms with van der Waals surface area (Å²) in [5, 5.41) is 6.32. The topological polar surface area (TPSA) is 83.0 Å². The van der Waals surface area contributed by atoms with E-state index in [1.807, 2.05) is 0 Å². The molecule has 7 nitrogen and oxygen atoms in total. The molecule has 0 aromatic rings. The van der Waals surface area contributed by atoms with Crippen molar-refractivity contribution in [2.75, 3.05) is 52.2 Å². The molecule has 0 saturated carbocycles. The Labute approximate surface area is 134 Å². The van der Waals surface area contributed by atoms with Crippen LogP contribution in [0.15, 0.2) is 4.99 Å². The van der Waals surface area contributed by atoms with Gasteiger partial charge in [-0.25, -0.2) is 8.42 Å². The normalized spacial score (nSPS) is 17.7. The van der Waals surface area contributed by atoms with Gasteiger partial charge >= 0.3 is 0 Å². The Bertz CT molecular complexity index is 429. The molecule has 0 amide bonds. The van der Waals surface area contributed by atoms with Gasteiger partial charge in [0, 0.05) is 33.2 Å². The summed E-state index contributed by atoms with van der Waals surface area (Å²) in [4.78, 5) is 4.13. The highest BCUT2D eigenvalue weighted by molar-refractivity contribution is 7.89. The van der Waals surface area contributed by atoms with Crippen molar-refractivity contribution < 1.29 is 13.2 Å². The highest BCUT2D eigenvalue weighted by Crippen LogP contribution is 2.06. The summed E-state index contributed by atoms with van der Waals surface area (Å²) in [6.07, 6.45) is 2.23. The summed E-state index contributed by atoms with van der Waals surface area (Å²) in [6.45, 7) is 7.39. The average Bonchev–Trinajstić information content (AvgIpc) is 2.54. The van der Waals surface area contributed by atoms with E-state index in [-0.39, 0.29) is 5.75 Å². The molecular formula is C14H30N4O3S. The lowest BCUT2D eigenvalue weighted by atomic mass is 10.0. The molecule has 1 saturated heterocycles. The van der Waals surface area contributed by atoms with Crippen molar-refractivity contribution >= 4 is 16.0 Å². The molecule has 1 aliphatic rings. The molecular weight excluding hydrogens is 304 g/mol. The van der Waals surface area contributed by atoms with Crippen molar-refractivity contribution in [3.05, 3.63) is 0 Å². The van der Waals surface area contributed by atoms with Crippen LogP contribution >= 0.6 is 0 Å². The van der Waals surface area contributed by atoms with Gasteiger partial charge in [0.1, 0.15) is 0 Å². The quantitative estimate of drug-likeness (QED) is 0.491. The molecule has 2 N–H and O–H groups in total. The minimum Gasteiger partial charge on any atom is -0.379 e. The molecule has 1 fully saturated rings. The van der Waals surface area contributed by atoms with Crippen LogP contribution in [-0.2, 0) is 14.8 Å². The molecule has 0 aliphatic carbocycles. The number of ether oxygens (including phenoxy) is 1. The van der Waals surface area contributed by atoms with Crippen LogP contribution in [0.3, 0.4) is 0 Å². The number of nitrogens with one attached hydrogen (secondary N) is 2. The SMILES string of the molecule is CCC(CC)CNC(=NC)NCCS(=O)(=O)N1CCOCC1. The molecule has 0 bridgehead atoms. The molecule has 0 unspecified atom stereocenters. The molecule has 0 aromatic heterocycles. The second kappa shape index (κ2) is 10.0. The fourth-order valence-corrected chi connectivity index (χ4v) is 3.61. The molecule has 130 valence electrons. The van der Waals surface area contributed by atoms with Crippen LogP contribution in [0.25, 0.3) is 0 Å². The summed E-state index contributed by atoms with van der Waals surface area (Å²) in [5.41, 5.74) is 0. The number of aliphatic imine (C=N–C) groups is 1. The van der Waals surface area contributed by atoms with Crippen molar-refractivity contribution in [1.29, 1.82) is 0 Å². The van der Waals surface area contributed by atoms with E-state index < -0.39 is 10.0 Å². The lowest BCUT2D eigenvalue weighted by Crippen LogP contribution is -2.45. The maximum Gasteiger partial charge on any atom is 0.215 e. The lowest BCUT2D eigenvalue weighted by Gasteiger charge is -2.26. The maximum absolute atomic E-state index is 12.2. The molecule has 1 rings (SSSR count). The predicted octanol–water partition coefficient (Wildman–Crippen LogP) is 0.250. The summed E-state index contributed by atoms with van der Waals surface area (Å²) < 4.78 is 31.0. The molecule has 0 spiro atoms. The number of guanidine groups is 1. The van der Waals surface area contributed by atoms with Gasteiger partial charge in [-0.3, -0.25) is 4.99 Å². The Morgan fingerprint density at radius 1 is 1.23 bits per heavy atom. The third kappa shape index (κ3) is 6.50. The first-order valence-electron chi connectivity index (χ1n) is 8.03. The zero-order valence-electron chi connectivity index (χ0n) is 14.0. The van der Waals surface area contributed by atoms with Gasteiger partial charge in [-0.1, -0.05) is 26.7 Å². The Morgan fingerprint density at radius 2 is 1.86 bits per heavy atom. The number of rotatable bonds is 8. The minimum absolute atomic E-state index is 0.0681. The van der Waals surface area contributed by atoms with E-state index in [1.165, 1.54) is 4.31 Å². The van der Waals surface area contributed by atoms with Gasteiger partial charge in [0.15, 0.2) is 5.96 Å². The van der Waals surface area contributed by atoms with Crippen molar-refractivity contribution in [2.45, 2.75) is 26.7 Å². The fraction of sp³-hybridized carbons (Fsp3) is 0.929. The predicted molar refractivity (Wildman–Crippen MR) is 89.6 cm³/mol. The third-order valence-electron chi connectivity index (χ3n) is 3.95. The van der Waals surface area contributed by atoms with Gasteiger partial charge in [-0.05, 0) is 5.92 Å². The standard InChI is InChI=1S/C14H30N4O3S/c1-4-13(5-2)12-17-14(15-3)16-6-11-22(19,20)18-7-9-21-10-8-18/h13H,4-12H2,1-3H3,(H2,15,16,17). The van der Waals surface area contributed by atoms with Crippen LogP contribution in [0.1, 0.15) is 26.7 Å². The van der Waals surface area contributed by atoms with Crippen LogP contribution < -0.4 is 10.6 Å². The van der Waals surface area contributed by atoms with Crippen LogP contribution in [0.4, 0.5) is 0 Å². The maximum atomic E-state index is 12.2. The second-order valence-electron chi connectivity index (χ2n) is 5.39. The van der Waals surface area contributed by atoms with Crippen LogP contribution in [0.5, 0.6) is 0 Å². The smallest absolute Gasteiger partial charge is 0.215 e. The Hall–Kier alpha value is -0.860. The summed E-state index contributed by atoms with van der Waals surface area (Å²) >= 11 is 0. The molecule has 1 aliphatic heterocycles. The summed E-state index contributed by atoms with van der Waals surface area (Å²) in [7, 11) is -1.53. The van der Waals surface area contributed by atoms with Gasteiger partial charge < -0.3 is 15.4 Å². The number of hydrogen-bond acceptors (Lipinski definition) is 4. The molecule has 8 heteroatoms. The summed E-state index contributed by atoms with van der Waals surface area (Å²) in [5.74, 6) is 1.33. The van der Waals surface area contributed by atoms with Gasteiger partial charge in [-0.15, -0.1) is 0 Å². The molecule has 1 heterocycles. The lowest BCUT2D eigenvalue weighted by molar-refractivity contribution is 0.0730. The van der Waals surface area contributed by atoms with E-state index in [9.17, 15) is 8.42 Å². The van der Waals surface area contributed by atoms with Gasteiger partial charge in [0.25, 0.3) is 0 Å². The Morgan fingerprint density at radius 3 is 2.41 bits per heavy atom. The molecule has 0 atom stereocenters. The number of morpholine rings is 1. The summed E-state index contributed by atoms with van der Waals surface area (Å²) in [6, 6.07) is 0. The van der Waals surface area contributed by atoms with Crippen LogP contribution in [-0.4, -0.2) is 70.9 Å². The van der Waals surface area contributed by atoms with E-state index in [1.54, 1.807) is 7.05 Å². The van der Waals surface area contributed by atoms with Crippen molar-refractivity contribution in [1.82, 2.24) is 14.9 Å². The highest BCUT2D eigenvalue weighted by Gasteiger charge is 2.23. The fourth-order valence-electron chi connectivity index (χ4n) is 2.29.